The topological polar surface area (TPSA) is 95.9 Å². The average molecular weight is 439 g/mol. The van der Waals surface area contributed by atoms with Crippen LogP contribution in [0.1, 0.15) is 41.9 Å². The lowest BCUT2D eigenvalue weighted by Crippen LogP contribution is -2.45. The number of aliphatic carboxylic acids is 1. The second-order valence-corrected chi connectivity index (χ2v) is 8.22. The van der Waals surface area contributed by atoms with Gasteiger partial charge in [0.05, 0.1) is 13.2 Å². The van der Waals surface area contributed by atoms with E-state index in [2.05, 4.69) is 11.4 Å². The van der Waals surface area contributed by atoms with Crippen LogP contribution in [0.5, 0.6) is 5.75 Å². The lowest BCUT2D eigenvalue weighted by Gasteiger charge is -2.21. The molecule has 0 aromatic heterocycles. The van der Waals surface area contributed by atoms with Crippen molar-refractivity contribution < 1.29 is 24.2 Å². The minimum atomic E-state index is -1.02. The normalized spacial score (nSPS) is 17.8. The molecule has 2 atom stereocenters. The first-order chi connectivity index (χ1) is 15.3. The van der Waals surface area contributed by atoms with Gasteiger partial charge in [0.1, 0.15) is 11.8 Å². The molecule has 1 saturated heterocycles. The quantitative estimate of drug-likeness (QED) is 0.587. The Kier molecular flexibility index (Phi) is 7.87. The van der Waals surface area contributed by atoms with Crippen molar-refractivity contribution in [3.8, 4) is 5.75 Å². The van der Waals surface area contributed by atoms with Crippen LogP contribution in [0.15, 0.2) is 48.5 Å². The monoisotopic (exact) mass is 438 g/mol. The van der Waals surface area contributed by atoms with Gasteiger partial charge in [-0.2, -0.15) is 0 Å². The molecule has 7 nitrogen and oxygen atoms in total. The van der Waals surface area contributed by atoms with Crippen molar-refractivity contribution >= 4 is 17.8 Å². The Bertz CT molecular complexity index is 960. The molecule has 2 aromatic carbocycles. The minimum absolute atomic E-state index is 0.0369. The number of nitrogens with one attached hydrogen (secondary N) is 1. The summed E-state index contributed by atoms with van der Waals surface area (Å²) in [6.07, 6.45) is 1.12. The van der Waals surface area contributed by atoms with Crippen molar-refractivity contribution in [1.29, 1.82) is 0 Å². The maximum atomic E-state index is 12.7. The first-order valence-electron chi connectivity index (χ1n) is 10.9. The van der Waals surface area contributed by atoms with Gasteiger partial charge in [0.2, 0.25) is 11.8 Å². The molecule has 0 spiro atoms. The second kappa shape index (κ2) is 10.8. The number of nitrogens with zero attached hydrogens (tertiary/aromatic N) is 1. The maximum Gasteiger partial charge on any atom is 0.326 e. The third kappa shape index (κ3) is 6.09. The van der Waals surface area contributed by atoms with Crippen LogP contribution in [0.2, 0.25) is 0 Å². The van der Waals surface area contributed by atoms with Gasteiger partial charge in [-0.05, 0) is 55.5 Å². The van der Waals surface area contributed by atoms with E-state index in [1.54, 1.807) is 0 Å². The summed E-state index contributed by atoms with van der Waals surface area (Å²) in [6, 6.07) is 14.5. The van der Waals surface area contributed by atoms with Gasteiger partial charge in [-0.15, -0.1) is 0 Å². The van der Waals surface area contributed by atoms with Crippen molar-refractivity contribution in [2.45, 2.75) is 45.1 Å². The van der Waals surface area contributed by atoms with Gasteiger partial charge >= 0.3 is 5.97 Å². The number of ether oxygens (including phenoxy) is 1. The number of amides is 2. The zero-order valence-electron chi connectivity index (χ0n) is 18.5. The van der Waals surface area contributed by atoms with Crippen LogP contribution in [0.25, 0.3) is 0 Å². The van der Waals surface area contributed by atoms with Gasteiger partial charge in [-0.1, -0.05) is 36.4 Å². The molecule has 0 bridgehead atoms. The van der Waals surface area contributed by atoms with E-state index in [0.29, 0.717) is 26.0 Å². The number of hydrogen-bond donors (Lipinski definition) is 2. The minimum Gasteiger partial charge on any atom is -0.494 e. The lowest BCUT2D eigenvalue weighted by molar-refractivity contribution is -0.148. The van der Waals surface area contributed by atoms with E-state index >= 15 is 0 Å². The number of rotatable bonds is 9. The summed E-state index contributed by atoms with van der Waals surface area (Å²) in [4.78, 5) is 37.9. The van der Waals surface area contributed by atoms with Crippen molar-refractivity contribution in [1.82, 2.24) is 10.2 Å². The summed E-state index contributed by atoms with van der Waals surface area (Å²) in [5.41, 5.74) is 3.35. The number of carbonyl (C=O) groups is 3. The fourth-order valence-corrected chi connectivity index (χ4v) is 3.91. The van der Waals surface area contributed by atoms with E-state index in [4.69, 9.17) is 4.74 Å². The van der Waals surface area contributed by atoms with E-state index in [1.165, 1.54) is 10.5 Å². The molecule has 0 radical (unpaired) electrons. The predicted octanol–water partition coefficient (Wildman–Crippen LogP) is 3.05. The number of para-hydroxylation sites is 1. The zero-order valence-corrected chi connectivity index (χ0v) is 18.5. The first-order valence-corrected chi connectivity index (χ1v) is 10.9. The van der Waals surface area contributed by atoms with Crippen LogP contribution in [0, 0.1) is 13.8 Å². The van der Waals surface area contributed by atoms with Crippen molar-refractivity contribution in [3.63, 3.8) is 0 Å². The Morgan fingerprint density at radius 2 is 1.84 bits per heavy atom. The summed E-state index contributed by atoms with van der Waals surface area (Å²) >= 11 is 0. The van der Waals surface area contributed by atoms with E-state index in [9.17, 15) is 19.5 Å². The van der Waals surface area contributed by atoms with Gasteiger partial charge < -0.3 is 20.1 Å². The highest BCUT2D eigenvalue weighted by atomic mass is 16.5. The van der Waals surface area contributed by atoms with Gasteiger partial charge in [0, 0.05) is 18.9 Å². The van der Waals surface area contributed by atoms with Crippen LogP contribution in [-0.4, -0.2) is 53.5 Å². The van der Waals surface area contributed by atoms with E-state index in [0.717, 1.165) is 16.9 Å². The highest BCUT2D eigenvalue weighted by Gasteiger charge is 2.40. The predicted molar refractivity (Wildman–Crippen MR) is 121 cm³/mol. The number of aryl methyl sites for hydroxylation is 2. The Morgan fingerprint density at radius 3 is 2.53 bits per heavy atom. The molecule has 1 aliphatic heterocycles. The number of likely N-dealkylation sites (tertiary alicyclic amines) is 1. The molecule has 2 amide bonds. The first kappa shape index (κ1) is 23.3. The largest absolute Gasteiger partial charge is 0.494 e. The smallest absolute Gasteiger partial charge is 0.326 e. The Balaban J connectivity index is 1.47. The van der Waals surface area contributed by atoms with E-state index in [-0.39, 0.29) is 30.7 Å². The Hall–Kier alpha value is -3.35. The van der Waals surface area contributed by atoms with Crippen molar-refractivity contribution in [2.75, 3.05) is 19.7 Å². The van der Waals surface area contributed by atoms with Gasteiger partial charge in [0.25, 0.3) is 0 Å². The number of hydrogen-bond acceptors (Lipinski definition) is 4. The standard InChI is InChI=1S/C25H30N2O5/c1-17-10-11-19(13-18(17)2)20-14-22(25(30)31)27(16-20)24(29)15-26-23(28)9-6-12-32-21-7-4-3-5-8-21/h3-5,7-8,10-11,13,20,22H,6,9,12,14-16H2,1-2H3,(H,26,28)(H,30,31)/t20-,22+/m1/s1. The molecular formula is C25H30N2O5. The molecule has 170 valence electrons. The SMILES string of the molecule is Cc1ccc([C@@H]2C[C@@H](C(=O)O)N(C(=O)CNC(=O)CCCOc3ccccc3)C2)cc1C. The fraction of sp³-hybridized carbons (Fsp3) is 0.400. The summed E-state index contributed by atoms with van der Waals surface area (Å²) in [5.74, 6) is -0.946. The summed E-state index contributed by atoms with van der Waals surface area (Å²) in [6.45, 7) is 4.57. The average Bonchev–Trinajstić information content (AvgIpc) is 3.24. The molecule has 0 saturated carbocycles. The molecule has 2 aromatic rings. The highest BCUT2D eigenvalue weighted by molar-refractivity contribution is 5.88. The lowest BCUT2D eigenvalue weighted by atomic mass is 9.93. The number of carboxylic acid groups (broad SMARTS) is 1. The van der Waals surface area contributed by atoms with Crippen molar-refractivity contribution in [2.24, 2.45) is 0 Å². The third-order valence-electron chi connectivity index (χ3n) is 5.91. The molecule has 1 heterocycles. The second-order valence-electron chi connectivity index (χ2n) is 8.22. The van der Waals surface area contributed by atoms with Crippen LogP contribution >= 0.6 is 0 Å². The van der Waals surface area contributed by atoms with E-state index in [1.807, 2.05) is 56.3 Å². The summed E-state index contributed by atoms with van der Waals surface area (Å²) in [7, 11) is 0. The molecule has 32 heavy (non-hydrogen) atoms. The highest BCUT2D eigenvalue weighted by Crippen LogP contribution is 2.32. The molecule has 0 aliphatic carbocycles. The molecule has 1 aliphatic rings. The number of carboxylic acids is 1. The fourth-order valence-electron chi connectivity index (χ4n) is 3.91. The summed E-state index contributed by atoms with van der Waals surface area (Å²) in [5, 5.41) is 12.2. The zero-order chi connectivity index (χ0) is 23.1. The number of carbonyl (C=O) groups excluding carboxylic acids is 2. The van der Waals surface area contributed by atoms with Gasteiger partial charge in [-0.25, -0.2) is 4.79 Å². The molecule has 1 fully saturated rings. The third-order valence-corrected chi connectivity index (χ3v) is 5.91. The van der Waals surface area contributed by atoms with Gasteiger partial charge in [0.15, 0.2) is 0 Å². The molecule has 7 heteroatoms. The summed E-state index contributed by atoms with van der Waals surface area (Å²) < 4.78 is 5.55. The Morgan fingerprint density at radius 1 is 1.09 bits per heavy atom. The molecular weight excluding hydrogens is 408 g/mol. The Labute approximate surface area is 188 Å². The maximum absolute atomic E-state index is 12.7. The van der Waals surface area contributed by atoms with Crippen LogP contribution in [0.4, 0.5) is 0 Å². The van der Waals surface area contributed by atoms with Crippen LogP contribution in [0.3, 0.4) is 0 Å². The number of benzene rings is 2. The van der Waals surface area contributed by atoms with Crippen molar-refractivity contribution in [3.05, 3.63) is 65.2 Å². The van der Waals surface area contributed by atoms with Crippen LogP contribution < -0.4 is 10.1 Å². The van der Waals surface area contributed by atoms with E-state index < -0.39 is 12.0 Å². The van der Waals surface area contributed by atoms with Gasteiger partial charge in [-0.3, -0.25) is 9.59 Å². The molecule has 0 unspecified atom stereocenters. The molecule has 2 N–H and O–H groups in total. The molecule has 3 rings (SSSR count). The van der Waals surface area contributed by atoms with Crippen LogP contribution in [-0.2, 0) is 14.4 Å².